The normalized spacial score (nSPS) is 24.3. The van der Waals surface area contributed by atoms with Gasteiger partial charge in [-0.1, -0.05) is 68.4 Å². The predicted molar refractivity (Wildman–Crippen MR) is 371 cm³/mol. The lowest BCUT2D eigenvalue weighted by atomic mass is 9.96. The molecule has 0 amide bonds. The van der Waals surface area contributed by atoms with Crippen molar-refractivity contribution in [3.8, 4) is 0 Å². The number of aromatic nitrogens is 1. The molecular formula is C74H133N9O5. The van der Waals surface area contributed by atoms with Gasteiger partial charge in [-0.2, -0.15) is 0 Å². The first kappa shape index (κ1) is 77.5. The Balaban J connectivity index is 0.000000217. The molecule has 2 aromatic carbocycles. The quantitative estimate of drug-likeness (QED) is 0.0429. The molecule has 8 aliphatic heterocycles. The molecule has 0 unspecified atom stereocenters. The third-order valence-corrected chi connectivity index (χ3v) is 17.6. The van der Waals surface area contributed by atoms with E-state index in [4.69, 9.17) is 23.7 Å². The summed E-state index contributed by atoms with van der Waals surface area (Å²) in [7, 11) is 1.75. The van der Waals surface area contributed by atoms with Gasteiger partial charge in [0.1, 0.15) is 0 Å². The molecule has 8 fully saturated rings. The molecule has 88 heavy (non-hydrogen) atoms. The van der Waals surface area contributed by atoms with Crippen molar-refractivity contribution in [2.24, 2.45) is 5.92 Å². The van der Waals surface area contributed by atoms with E-state index in [1.54, 1.807) is 12.7 Å². The zero-order chi connectivity index (χ0) is 62.9. The number of hydrogen-bond donors (Lipinski definition) is 8. The van der Waals surface area contributed by atoms with Gasteiger partial charge in [0, 0.05) is 87.2 Å². The van der Waals surface area contributed by atoms with Gasteiger partial charge < -0.3 is 66.2 Å². The highest BCUT2D eigenvalue weighted by atomic mass is 16.5. The molecule has 0 bridgehead atoms. The molecule has 11 rings (SSSR count). The summed E-state index contributed by atoms with van der Waals surface area (Å²) in [6, 6.07) is 29.0. The van der Waals surface area contributed by atoms with E-state index in [2.05, 4.69) is 150 Å². The third-order valence-electron chi connectivity index (χ3n) is 17.6. The van der Waals surface area contributed by atoms with E-state index in [1.165, 1.54) is 210 Å². The lowest BCUT2D eigenvalue weighted by molar-refractivity contribution is 0.0649. The minimum atomic E-state index is 0.377. The second-order valence-corrected chi connectivity index (χ2v) is 26.2. The molecule has 8 N–H and O–H groups in total. The van der Waals surface area contributed by atoms with Crippen LogP contribution in [0.4, 0.5) is 0 Å². The highest BCUT2D eigenvalue weighted by Crippen LogP contribution is 2.19. The van der Waals surface area contributed by atoms with Gasteiger partial charge >= 0.3 is 0 Å². The predicted octanol–water partition coefficient (Wildman–Crippen LogP) is 11.6. The molecule has 14 nitrogen and oxygen atoms in total. The summed E-state index contributed by atoms with van der Waals surface area (Å²) < 4.78 is 26.5. The number of pyridine rings is 1. The summed E-state index contributed by atoms with van der Waals surface area (Å²) >= 11 is 0. The Morgan fingerprint density at radius 1 is 0.420 bits per heavy atom. The van der Waals surface area contributed by atoms with Gasteiger partial charge in [-0.3, -0.25) is 4.98 Å². The fourth-order valence-electron chi connectivity index (χ4n) is 12.4. The van der Waals surface area contributed by atoms with Crippen LogP contribution >= 0.6 is 0 Å². The topological polar surface area (TPSA) is 155 Å². The molecule has 0 radical (unpaired) electrons. The first-order valence-corrected chi connectivity index (χ1v) is 35.7. The fourth-order valence-corrected chi connectivity index (χ4v) is 12.4. The van der Waals surface area contributed by atoms with Crippen LogP contribution < -0.4 is 42.5 Å². The maximum Gasteiger partial charge on any atom is 0.0623 e. The monoisotopic (exact) mass is 1230 g/mol. The molecule has 504 valence electrons. The van der Waals surface area contributed by atoms with Crippen LogP contribution in [0.15, 0.2) is 72.9 Å². The van der Waals surface area contributed by atoms with Crippen LogP contribution in [0.5, 0.6) is 0 Å². The molecule has 1 aromatic heterocycles. The number of rotatable bonds is 24. The molecule has 8 saturated heterocycles. The average Bonchev–Trinajstić information content (AvgIpc) is 4.49. The Morgan fingerprint density at radius 3 is 1.18 bits per heavy atom. The second-order valence-electron chi connectivity index (χ2n) is 26.2. The first-order valence-electron chi connectivity index (χ1n) is 35.7. The van der Waals surface area contributed by atoms with Crippen LogP contribution in [0, 0.1) is 19.8 Å². The van der Waals surface area contributed by atoms with Gasteiger partial charge in [0.2, 0.25) is 0 Å². The van der Waals surface area contributed by atoms with Crippen LogP contribution in [-0.2, 0) is 42.9 Å². The molecular weight excluding hydrogens is 1090 g/mol. The van der Waals surface area contributed by atoms with Gasteiger partial charge in [-0.15, -0.1) is 0 Å². The SMILES string of the molecule is CC(C)COC[C@@H]1CCCN1.CC(C)OC[C@@H]1CCCN1.CCOC[C@@H]1CCCN1.CCOC[C@@H]1CCCN1.COC[C@@H]1CCCN1.Cc1cccc(C)c1CC[C@@H]1CCCN1.c1ccc(CC[C@@H]2CCCN2)cc1.c1ccc(CC[C@@H]2CCCN2)nc1. The van der Waals surface area contributed by atoms with E-state index in [0.717, 1.165) is 77.4 Å². The van der Waals surface area contributed by atoms with Gasteiger partial charge in [-0.05, 0) is 275 Å². The zero-order valence-electron chi connectivity index (χ0n) is 57.6. The van der Waals surface area contributed by atoms with Gasteiger partial charge in [0.15, 0.2) is 0 Å². The van der Waals surface area contributed by atoms with Crippen molar-refractivity contribution in [3.05, 3.63) is 101 Å². The minimum absolute atomic E-state index is 0.377. The second kappa shape index (κ2) is 51.6. The molecule has 0 saturated carbocycles. The number of benzene rings is 2. The van der Waals surface area contributed by atoms with E-state index in [0.29, 0.717) is 42.2 Å². The summed E-state index contributed by atoms with van der Waals surface area (Å²) in [6.45, 7) is 33.6. The number of nitrogens with one attached hydrogen (secondary N) is 8. The Hall–Kier alpha value is -2.93. The van der Waals surface area contributed by atoms with E-state index in [-0.39, 0.29) is 0 Å². The van der Waals surface area contributed by atoms with Crippen LogP contribution in [0.25, 0.3) is 0 Å². The van der Waals surface area contributed by atoms with E-state index in [9.17, 15) is 0 Å². The Labute approximate surface area is 539 Å². The summed E-state index contributed by atoms with van der Waals surface area (Å²) in [4.78, 5) is 4.31. The maximum absolute atomic E-state index is 5.52. The number of nitrogens with zero attached hydrogens (tertiary/aromatic N) is 1. The number of hydrogen-bond acceptors (Lipinski definition) is 14. The van der Waals surface area contributed by atoms with Gasteiger partial charge in [-0.25, -0.2) is 0 Å². The van der Waals surface area contributed by atoms with E-state index < -0.39 is 0 Å². The molecule has 8 atom stereocenters. The van der Waals surface area contributed by atoms with Crippen LogP contribution in [0.1, 0.15) is 191 Å². The summed E-state index contributed by atoms with van der Waals surface area (Å²) in [5.74, 6) is 0.663. The molecule has 14 heteroatoms. The van der Waals surface area contributed by atoms with Crippen molar-refractivity contribution < 1.29 is 23.7 Å². The molecule has 0 aliphatic carbocycles. The van der Waals surface area contributed by atoms with Crippen molar-refractivity contribution >= 4 is 0 Å². The Bertz CT molecular complexity index is 1900. The van der Waals surface area contributed by atoms with Crippen LogP contribution in [0.2, 0.25) is 0 Å². The van der Waals surface area contributed by atoms with Crippen molar-refractivity contribution in [1.29, 1.82) is 0 Å². The molecule has 9 heterocycles. The van der Waals surface area contributed by atoms with Crippen molar-refractivity contribution in [1.82, 2.24) is 47.5 Å². The highest BCUT2D eigenvalue weighted by Gasteiger charge is 2.19. The minimum Gasteiger partial charge on any atom is -0.383 e. The standard InChI is InChI=1S/C14H21N.C12H17N.C11H16N2.C9H19NO.C8H17NO.2C7H15NO.C6H13NO/c1-11-5-3-6-12(2)14(11)9-8-13-7-4-10-15-13;1-2-5-11(6-3-1)8-9-12-7-4-10-13-12;1-2-8-12-10(4-1)6-7-11-5-3-9-13-11;1-8(2)6-11-7-9-4-3-5-10-9;1-7(2)10-6-8-4-3-5-9-8;2*1-2-9-6-7-4-3-5-8-7;1-8-5-6-3-2-4-7-6/h3,5-6,13,15H,4,7-10H2,1-2H3;1-3,5-6,12-13H,4,7-10H2;1-2,4,8,11,13H,3,5-7,9H2;8-10H,3-7H2,1-2H3;7-9H,3-6H2,1-2H3;2*7-8H,2-6H2,1H3;6-7H,2-5H2,1H3/t13-;12-;11-;9-;8-;2*7-;6-/m00000000/s1. The summed E-state index contributed by atoms with van der Waals surface area (Å²) in [5, 5.41) is 27.4. The Morgan fingerprint density at radius 2 is 0.807 bits per heavy atom. The zero-order valence-corrected chi connectivity index (χ0v) is 57.6. The Kier molecular flexibility index (Phi) is 45.4. The smallest absolute Gasteiger partial charge is 0.0623 e. The summed E-state index contributed by atoms with van der Waals surface area (Å²) in [6.07, 6.45) is 30.8. The number of methoxy groups -OCH3 is 1. The lowest BCUT2D eigenvalue weighted by Gasteiger charge is -2.13. The molecule has 8 aliphatic rings. The number of ether oxygens (including phenoxy) is 5. The first-order chi connectivity index (χ1) is 43.0. The van der Waals surface area contributed by atoms with Crippen molar-refractivity contribution in [3.63, 3.8) is 0 Å². The van der Waals surface area contributed by atoms with Crippen LogP contribution in [-0.4, -0.2) is 172 Å². The highest BCUT2D eigenvalue weighted by molar-refractivity contribution is 5.33. The fraction of sp³-hybridized carbons (Fsp3) is 0.770. The average molecular weight is 1230 g/mol. The van der Waals surface area contributed by atoms with E-state index >= 15 is 0 Å². The maximum atomic E-state index is 5.52. The van der Waals surface area contributed by atoms with Crippen LogP contribution in [0.3, 0.4) is 0 Å². The molecule has 3 aromatic rings. The third kappa shape index (κ3) is 38.8. The van der Waals surface area contributed by atoms with Gasteiger partial charge in [0.25, 0.3) is 0 Å². The summed E-state index contributed by atoms with van der Waals surface area (Å²) in [5.41, 5.74) is 7.15. The lowest BCUT2D eigenvalue weighted by Crippen LogP contribution is -2.28. The van der Waals surface area contributed by atoms with Crippen molar-refractivity contribution in [2.45, 2.75) is 251 Å². The van der Waals surface area contributed by atoms with E-state index in [1.807, 2.05) is 26.1 Å². The largest absolute Gasteiger partial charge is 0.383 e. The van der Waals surface area contributed by atoms with Gasteiger partial charge in [0.05, 0.1) is 39.1 Å². The molecule has 0 spiro atoms. The number of aryl methyl sites for hydroxylation is 4. The van der Waals surface area contributed by atoms with Crippen molar-refractivity contribution in [2.75, 3.05) is 112 Å².